The van der Waals surface area contributed by atoms with Crippen molar-refractivity contribution in [1.82, 2.24) is 0 Å². The number of benzene rings is 2. The van der Waals surface area contributed by atoms with E-state index in [1.807, 2.05) is 24.3 Å². The first kappa shape index (κ1) is 21.1. The largest absolute Gasteiger partial charge is 0.494 e. The van der Waals surface area contributed by atoms with Gasteiger partial charge in [0.05, 0.1) is 19.8 Å². The summed E-state index contributed by atoms with van der Waals surface area (Å²) in [5.74, 6) is 2.68. The average molecular weight is 371 g/mol. The average Bonchev–Trinajstić information content (AvgIpc) is 2.69. The molecule has 0 N–H and O–H groups in total. The van der Waals surface area contributed by atoms with E-state index in [0.717, 1.165) is 86.7 Å². The van der Waals surface area contributed by atoms with Crippen LogP contribution in [0.2, 0.25) is 0 Å². The molecule has 3 nitrogen and oxygen atoms in total. The van der Waals surface area contributed by atoms with Crippen LogP contribution >= 0.6 is 0 Å². The van der Waals surface area contributed by atoms with E-state index in [-0.39, 0.29) is 0 Å². The van der Waals surface area contributed by atoms with Crippen molar-refractivity contribution < 1.29 is 14.2 Å². The van der Waals surface area contributed by atoms with E-state index in [4.69, 9.17) is 14.2 Å². The zero-order valence-electron chi connectivity index (χ0n) is 17.1. The van der Waals surface area contributed by atoms with Gasteiger partial charge in [0.2, 0.25) is 0 Å². The van der Waals surface area contributed by atoms with Crippen LogP contribution in [0.15, 0.2) is 42.5 Å². The lowest BCUT2D eigenvalue weighted by Gasteiger charge is -2.14. The Morgan fingerprint density at radius 2 is 1.11 bits per heavy atom. The second kappa shape index (κ2) is 12.3. The zero-order valence-corrected chi connectivity index (χ0v) is 17.1. The summed E-state index contributed by atoms with van der Waals surface area (Å²) >= 11 is 0. The molecule has 148 valence electrons. The molecule has 0 spiro atoms. The molecule has 0 atom stereocenters. The third-order valence-corrected chi connectivity index (χ3v) is 4.41. The smallest absolute Gasteiger partial charge is 0.130 e. The second-order valence-corrected chi connectivity index (χ2v) is 6.79. The minimum absolute atomic E-state index is 0.722. The number of rotatable bonds is 13. The SMILES string of the molecule is CCCCOc1ccc(-c2ccc(OCCCC)cc2OCCCC)cc1. The highest BCUT2D eigenvalue weighted by atomic mass is 16.5. The minimum atomic E-state index is 0.722. The molecule has 2 aromatic carbocycles. The molecule has 0 aliphatic heterocycles. The molecule has 2 rings (SSSR count). The summed E-state index contributed by atoms with van der Waals surface area (Å²) in [5, 5.41) is 0. The lowest BCUT2D eigenvalue weighted by molar-refractivity contribution is 0.295. The van der Waals surface area contributed by atoms with Gasteiger partial charge in [0, 0.05) is 11.6 Å². The molecule has 0 radical (unpaired) electrons. The van der Waals surface area contributed by atoms with E-state index >= 15 is 0 Å². The lowest BCUT2D eigenvalue weighted by atomic mass is 10.0. The molecule has 0 unspecified atom stereocenters. The summed E-state index contributed by atoms with van der Waals surface area (Å²) in [6.45, 7) is 8.74. The highest BCUT2D eigenvalue weighted by molar-refractivity contribution is 5.72. The van der Waals surface area contributed by atoms with Crippen molar-refractivity contribution in [3.63, 3.8) is 0 Å². The van der Waals surface area contributed by atoms with Gasteiger partial charge in [0.1, 0.15) is 17.2 Å². The Labute approximate surface area is 164 Å². The van der Waals surface area contributed by atoms with E-state index in [1.165, 1.54) is 0 Å². The quantitative estimate of drug-likeness (QED) is 0.359. The van der Waals surface area contributed by atoms with Crippen LogP contribution < -0.4 is 14.2 Å². The van der Waals surface area contributed by atoms with Gasteiger partial charge < -0.3 is 14.2 Å². The summed E-state index contributed by atoms with van der Waals surface area (Å²) in [4.78, 5) is 0. The van der Waals surface area contributed by atoms with Gasteiger partial charge in [-0.2, -0.15) is 0 Å². The molecule has 0 bridgehead atoms. The normalized spacial score (nSPS) is 10.6. The Balaban J connectivity index is 2.14. The molecule has 0 saturated heterocycles. The van der Waals surface area contributed by atoms with Crippen LogP contribution in [-0.4, -0.2) is 19.8 Å². The predicted octanol–water partition coefficient (Wildman–Crippen LogP) is 6.89. The standard InChI is InChI=1S/C24H34O3/c1-4-7-16-25-21-12-10-20(11-13-21)23-15-14-22(26-17-8-5-2)19-24(23)27-18-9-6-3/h10-15,19H,4-9,16-18H2,1-3H3. The topological polar surface area (TPSA) is 27.7 Å². The van der Waals surface area contributed by atoms with Crippen LogP contribution in [0.5, 0.6) is 17.2 Å². The van der Waals surface area contributed by atoms with Crippen molar-refractivity contribution in [2.45, 2.75) is 59.3 Å². The second-order valence-electron chi connectivity index (χ2n) is 6.79. The van der Waals surface area contributed by atoms with Crippen LogP contribution in [0.1, 0.15) is 59.3 Å². The molecule has 2 aromatic rings. The van der Waals surface area contributed by atoms with E-state index in [0.29, 0.717) is 0 Å². The molecule has 0 aliphatic rings. The maximum atomic E-state index is 6.08. The maximum absolute atomic E-state index is 6.08. The Kier molecular flexibility index (Phi) is 9.61. The van der Waals surface area contributed by atoms with Crippen LogP contribution in [0, 0.1) is 0 Å². The van der Waals surface area contributed by atoms with Crippen LogP contribution in [0.3, 0.4) is 0 Å². The molecule has 0 fully saturated rings. The minimum Gasteiger partial charge on any atom is -0.494 e. The third-order valence-electron chi connectivity index (χ3n) is 4.41. The maximum Gasteiger partial charge on any atom is 0.130 e. The van der Waals surface area contributed by atoms with E-state index < -0.39 is 0 Å². The summed E-state index contributed by atoms with van der Waals surface area (Å²) in [7, 11) is 0. The molecule has 0 saturated carbocycles. The summed E-state index contributed by atoms with van der Waals surface area (Å²) < 4.78 is 17.7. The van der Waals surface area contributed by atoms with Crippen LogP contribution in [-0.2, 0) is 0 Å². The number of ether oxygens (including phenoxy) is 3. The molecule has 0 amide bonds. The number of hydrogen-bond acceptors (Lipinski definition) is 3. The first-order valence-corrected chi connectivity index (χ1v) is 10.4. The highest BCUT2D eigenvalue weighted by Gasteiger charge is 2.09. The van der Waals surface area contributed by atoms with Crippen LogP contribution in [0.4, 0.5) is 0 Å². The molecule has 0 heterocycles. The van der Waals surface area contributed by atoms with Crippen molar-refractivity contribution in [2.24, 2.45) is 0 Å². The van der Waals surface area contributed by atoms with Gasteiger partial charge in [-0.3, -0.25) is 0 Å². The molecular formula is C24H34O3. The van der Waals surface area contributed by atoms with E-state index in [9.17, 15) is 0 Å². The van der Waals surface area contributed by atoms with Gasteiger partial charge in [-0.15, -0.1) is 0 Å². The molecule has 0 aliphatic carbocycles. The molecule has 27 heavy (non-hydrogen) atoms. The van der Waals surface area contributed by atoms with Crippen molar-refractivity contribution in [3.8, 4) is 28.4 Å². The Morgan fingerprint density at radius 1 is 0.593 bits per heavy atom. The van der Waals surface area contributed by atoms with Crippen molar-refractivity contribution >= 4 is 0 Å². The van der Waals surface area contributed by atoms with Crippen LogP contribution in [0.25, 0.3) is 11.1 Å². The highest BCUT2D eigenvalue weighted by Crippen LogP contribution is 2.34. The van der Waals surface area contributed by atoms with Gasteiger partial charge in [0.25, 0.3) is 0 Å². The monoisotopic (exact) mass is 370 g/mol. The fourth-order valence-electron chi connectivity index (χ4n) is 2.68. The van der Waals surface area contributed by atoms with E-state index in [2.05, 4.69) is 39.0 Å². The van der Waals surface area contributed by atoms with Gasteiger partial charge in [-0.25, -0.2) is 0 Å². The zero-order chi connectivity index (χ0) is 19.3. The Hall–Kier alpha value is -2.16. The summed E-state index contributed by atoms with van der Waals surface area (Å²) in [5.41, 5.74) is 2.22. The first-order chi connectivity index (χ1) is 13.3. The number of unbranched alkanes of at least 4 members (excludes halogenated alkanes) is 3. The Bertz CT molecular complexity index is 649. The fraction of sp³-hybridized carbons (Fsp3) is 0.500. The van der Waals surface area contributed by atoms with Gasteiger partial charge in [-0.05, 0) is 49.1 Å². The van der Waals surface area contributed by atoms with Gasteiger partial charge >= 0.3 is 0 Å². The first-order valence-electron chi connectivity index (χ1n) is 10.4. The Morgan fingerprint density at radius 3 is 1.70 bits per heavy atom. The molecule has 0 aromatic heterocycles. The fourth-order valence-corrected chi connectivity index (χ4v) is 2.68. The third kappa shape index (κ3) is 7.16. The van der Waals surface area contributed by atoms with Crippen molar-refractivity contribution in [1.29, 1.82) is 0 Å². The number of hydrogen-bond donors (Lipinski definition) is 0. The van der Waals surface area contributed by atoms with Gasteiger partial charge in [-0.1, -0.05) is 52.2 Å². The molecule has 3 heteroatoms. The van der Waals surface area contributed by atoms with Crippen molar-refractivity contribution in [3.05, 3.63) is 42.5 Å². The van der Waals surface area contributed by atoms with Gasteiger partial charge in [0.15, 0.2) is 0 Å². The predicted molar refractivity (Wildman–Crippen MR) is 113 cm³/mol. The van der Waals surface area contributed by atoms with Crippen molar-refractivity contribution in [2.75, 3.05) is 19.8 Å². The lowest BCUT2D eigenvalue weighted by Crippen LogP contribution is -2.01. The van der Waals surface area contributed by atoms with E-state index in [1.54, 1.807) is 0 Å². The summed E-state index contributed by atoms with van der Waals surface area (Å²) in [6.07, 6.45) is 6.58. The summed E-state index contributed by atoms with van der Waals surface area (Å²) in [6, 6.07) is 14.4. The molecular weight excluding hydrogens is 336 g/mol.